The monoisotopic (exact) mass is 168 g/mol. The number of aliphatic hydroxyl groups excluding tert-OH is 1. The van der Waals surface area contributed by atoms with Crippen molar-refractivity contribution in [2.24, 2.45) is 17.8 Å². The molecule has 0 aromatic rings. The molecule has 12 heavy (non-hydrogen) atoms. The van der Waals surface area contributed by atoms with Gasteiger partial charge in [-0.2, -0.15) is 0 Å². The van der Waals surface area contributed by atoms with Gasteiger partial charge in [-0.25, -0.2) is 0 Å². The molecule has 0 saturated heterocycles. The van der Waals surface area contributed by atoms with Crippen molar-refractivity contribution in [2.45, 2.75) is 39.7 Å². The van der Waals surface area contributed by atoms with Crippen molar-refractivity contribution < 1.29 is 5.11 Å². The van der Waals surface area contributed by atoms with Crippen LogP contribution in [0.5, 0.6) is 0 Å². The van der Waals surface area contributed by atoms with Crippen LogP contribution in [-0.2, 0) is 0 Å². The molecule has 0 amide bonds. The summed E-state index contributed by atoms with van der Waals surface area (Å²) in [5.74, 6) is 1.38. The van der Waals surface area contributed by atoms with Gasteiger partial charge in [-0.1, -0.05) is 39.3 Å². The number of rotatable bonds is 1. The number of hydrogen-bond donors (Lipinski definition) is 1. The highest BCUT2D eigenvalue weighted by Gasteiger charge is 2.34. The van der Waals surface area contributed by atoms with Crippen LogP contribution in [0.2, 0.25) is 0 Å². The van der Waals surface area contributed by atoms with E-state index in [2.05, 4.69) is 27.4 Å². The van der Waals surface area contributed by atoms with E-state index < -0.39 is 0 Å². The molecule has 70 valence electrons. The fourth-order valence-electron chi connectivity index (χ4n) is 2.20. The van der Waals surface area contributed by atoms with Gasteiger partial charge in [0.1, 0.15) is 0 Å². The first-order valence-electron chi connectivity index (χ1n) is 4.93. The first-order valence-corrected chi connectivity index (χ1v) is 4.93. The van der Waals surface area contributed by atoms with Crippen LogP contribution in [0.4, 0.5) is 0 Å². The van der Waals surface area contributed by atoms with E-state index in [4.69, 9.17) is 0 Å². The van der Waals surface area contributed by atoms with Gasteiger partial charge in [-0.15, -0.1) is 0 Å². The molecular formula is C11H20O. The summed E-state index contributed by atoms with van der Waals surface area (Å²) in [4.78, 5) is 0. The standard InChI is InChI=1S/C11H20O/c1-5-10-6-7(2)8(3)11(12)9(10)4/h8-12H,2,5-6H2,1,3-4H3/t8-,9-,10-,11+/m0/s1. The van der Waals surface area contributed by atoms with E-state index >= 15 is 0 Å². The van der Waals surface area contributed by atoms with Gasteiger partial charge in [0.15, 0.2) is 0 Å². The highest BCUT2D eigenvalue weighted by Crippen LogP contribution is 2.38. The molecule has 0 bridgehead atoms. The van der Waals surface area contributed by atoms with Gasteiger partial charge in [0.05, 0.1) is 6.10 Å². The summed E-state index contributed by atoms with van der Waals surface area (Å²) in [5, 5.41) is 9.86. The zero-order chi connectivity index (χ0) is 9.30. The molecule has 4 atom stereocenters. The van der Waals surface area contributed by atoms with Crippen LogP contribution in [0.15, 0.2) is 12.2 Å². The van der Waals surface area contributed by atoms with Crippen LogP contribution < -0.4 is 0 Å². The second-order valence-electron chi connectivity index (χ2n) is 4.17. The van der Waals surface area contributed by atoms with Crippen LogP contribution in [-0.4, -0.2) is 11.2 Å². The SMILES string of the molecule is C=C1C[C@H](CC)[C@H](C)[C@H](O)[C@H]1C. The first kappa shape index (κ1) is 9.79. The highest BCUT2D eigenvalue weighted by molar-refractivity contribution is 5.08. The molecule has 1 nitrogen and oxygen atoms in total. The molecule has 0 heterocycles. The molecule has 0 spiro atoms. The van der Waals surface area contributed by atoms with E-state index in [1.807, 2.05) is 0 Å². The van der Waals surface area contributed by atoms with Crippen molar-refractivity contribution in [2.75, 3.05) is 0 Å². The van der Waals surface area contributed by atoms with Crippen molar-refractivity contribution in [3.63, 3.8) is 0 Å². The van der Waals surface area contributed by atoms with E-state index in [1.165, 1.54) is 5.57 Å². The van der Waals surface area contributed by atoms with Crippen molar-refractivity contribution >= 4 is 0 Å². The largest absolute Gasteiger partial charge is 0.392 e. The van der Waals surface area contributed by atoms with Crippen LogP contribution in [0.1, 0.15) is 33.6 Å². The predicted molar refractivity (Wildman–Crippen MR) is 51.9 cm³/mol. The molecule has 1 rings (SSSR count). The van der Waals surface area contributed by atoms with E-state index in [9.17, 15) is 5.11 Å². The van der Waals surface area contributed by atoms with Gasteiger partial charge in [0.2, 0.25) is 0 Å². The third kappa shape index (κ3) is 1.56. The van der Waals surface area contributed by atoms with Crippen molar-refractivity contribution in [3.8, 4) is 0 Å². The van der Waals surface area contributed by atoms with Crippen molar-refractivity contribution in [1.82, 2.24) is 0 Å². The maximum absolute atomic E-state index is 9.86. The average molecular weight is 168 g/mol. The Hall–Kier alpha value is -0.300. The summed E-state index contributed by atoms with van der Waals surface area (Å²) in [6.07, 6.45) is 2.09. The van der Waals surface area contributed by atoms with E-state index in [-0.39, 0.29) is 6.10 Å². The number of aliphatic hydroxyl groups is 1. The Labute approximate surface area is 75.5 Å². The van der Waals surface area contributed by atoms with E-state index in [1.54, 1.807) is 0 Å². The van der Waals surface area contributed by atoms with Crippen molar-refractivity contribution in [3.05, 3.63) is 12.2 Å². The molecule has 1 fully saturated rings. The molecular weight excluding hydrogens is 148 g/mol. The van der Waals surface area contributed by atoms with Crippen LogP contribution >= 0.6 is 0 Å². The lowest BCUT2D eigenvalue weighted by atomic mass is 9.70. The van der Waals surface area contributed by atoms with Crippen LogP contribution in [0.3, 0.4) is 0 Å². The topological polar surface area (TPSA) is 20.2 Å². The summed E-state index contributed by atoms with van der Waals surface area (Å²) in [6, 6.07) is 0. The minimum atomic E-state index is -0.170. The minimum absolute atomic E-state index is 0.170. The van der Waals surface area contributed by atoms with E-state index in [0.717, 1.165) is 12.8 Å². The highest BCUT2D eigenvalue weighted by atomic mass is 16.3. The quantitative estimate of drug-likeness (QED) is 0.597. The zero-order valence-electron chi connectivity index (χ0n) is 8.38. The molecule has 1 aliphatic rings. The summed E-state index contributed by atoms with van der Waals surface area (Å²) < 4.78 is 0. The lowest BCUT2D eigenvalue weighted by molar-refractivity contribution is 0.0264. The molecule has 1 aliphatic carbocycles. The van der Waals surface area contributed by atoms with Gasteiger partial charge in [0.25, 0.3) is 0 Å². The fourth-order valence-corrected chi connectivity index (χ4v) is 2.20. The molecule has 0 radical (unpaired) electrons. The smallest absolute Gasteiger partial charge is 0.0630 e. The lowest BCUT2D eigenvalue weighted by Crippen LogP contribution is -2.37. The summed E-state index contributed by atoms with van der Waals surface area (Å²) >= 11 is 0. The molecule has 0 aromatic heterocycles. The molecule has 0 aliphatic heterocycles. The molecule has 1 N–H and O–H groups in total. The molecule has 0 unspecified atom stereocenters. The summed E-state index contributed by atoms with van der Waals surface area (Å²) in [6.45, 7) is 10.4. The molecule has 1 saturated carbocycles. The molecule has 0 aromatic carbocycles. The Bertz CT molecular complexity index is 172. The third-order valence-electron chi connectivity index (χ3n) is 3.49. The van der Waals surface area contributed by atoms with Gasteiger partial charge in [0, 0.05) is 5.92 Å². The Kier molecular flexibility index (Phi) is 2.94. The van der Waals surface area contributed by atoms with Gasteiger partial charge in [-0.3, -0.25) is 0 Å². The van der Waals surface area contributed by atoms with Gasteiger partial charge >= 0.3 is 0 Å². The number of hydrogen-bond acceptors (Lipinski definition) is 1. The average Bonchev–Trinajstić information content (AvgIpc) is 2.08. The van der Waals surface area contributed by atoms with E-state index in [0.29, 0.717) is 17.8 Å². The first-order chi connectivity index (χ1) is 5.57. The Morgan fingerprint density at radius 1 is 1.50 bits per heavy atom. The predicted octanol–water partition coefficient (Wildman–Crippen LogP) is 2.61. The zero-order valence-corrected chi connectivity index (χ0v) is 8.38. The Morgan fingerprint density at radius 3 is 2.58 bits per heavy atom. The van der Waals surface area contributed by atoms with Crippen LogP contribution in [0.25, 0.3) is 0 Å². The Morgan fingerprint density at radius 2 is 2.08 bits per heavy atom. The maximum atomic E-state index is 9.86. The van der Waals surface area contributed by atoms with Gasteiger partial charge in [-0.05, 0) is 18.3 Å². The Balaban J connectivity index is 2.70. The second-order valence-corrected chi connectivity index (χ2v) is 4.17. The lowest BCUT2D eigenvalue weighted by Gasteiger charge is -2.38. The van der Waals surface area contributed by atoms with Crippen LogP contribution in [0, 0.1) is 17.8 Å². The third-order valence-corrected chi connectivity index (χ3v) is 3.49. The normalized spacial score (nSPS) is 43.2. The fraction of sp³-hybridized carbons (Fsp3) is 0.818. The minimum Gasteiger partial charge on any atom is -0.392 e. The van der Waals surface area contributed by atoms with Crippen molar-refractivity contribution in [1.29, 1.82) is 0 Å². The molecule has 1 heteroatoms. The summed E-state index contributed by atoms with van der Waals surface area (Å²) in [5.41, 5.74) is 1.23. The maximum Gasteiger partial charge on any atom is 0.0630 e. The summed E-state index contributed by atoms with van der Waals surface area (Å²) in [7, 11) is 0. The second kappa shape index (κ2) is 3.61. The van der Waals surface area contributed by atoms with Gasteiger partial charge < -0.3 is 5.11 Å².